The molecule has 0 heterocycles. The topological polar surface area (TPSA) is 237 Å². The van der Waals surface area contributed by atoms with Crippen LogP contribution in [0.15, 0.2) is 0 Å². The van der Waals surface area contributed by atoms with Crippen molar-refractivity contribution in [2.45, 2.75) is 483 Å². The van der Waals surface area contributed by atoms with Crippen LogP contribution >= 0.6 is 15.6 Å². The van der Waals surface area contributed by atoms with Gasteiger partial charge in [-0.2, -0.15) is 0 Å². The number of unbranched alkanes of at least 4 members (excludes halogenated alkanes) is 57. The van der Waals surface area contributed by atoms with Crippen molar-refractivity contribution < 1.29 is 80.2 Å². The second kappa shape index (κ2) is 78.7. The molecule has 17 nitrogen and oxygen atoms in total. The molecule has 0 aromatic carbocycles. The fourth-order valence-corrected chi connectivity index (χ4v) is 15.0. The Hall–Kier alpha value is -1.94. The van der Waals surface area contributed by atoms with Gasteiger partial charge in [0, 0.05) is 25.7 Å². The van der Waals surface area contributed by atoms with Gasteiger partial charge in [-0.15, -0.1) is 0 Å². The van der Waals surface area contributed by atoms with Crippen molar-refractivity contribution in [2.24, 2.45) is 5.92 Å². The quantitative estimate of drug-likeness (QED) is 0.0222. The van der Waals surface area contributed by atoms with Crippen LogP contribution < -0.4 is 0 Å². The molecular formula is C86H168O17P2. The highest BCUT2D eigenvalue weighted by molar-refractivity contribution is 7.47. The van der Waals surface area contributed by atoms with Crippen LogP contribution in [-0.4, -0.2) is 96.7 Å². The van der Waals surface area contributed by atoms with Crippen molar-refractivity contribution in [3.05, 3.63) is 0 Å². The molecule has 0 aromatic rings. The monoisotopic (exact) mass is 1540 g/mol. The van der Waals surface area contributed by atoms with E-state index in [2.05, 4.69) is 34.6 Å². The summed E-state index contributed by atoms with van der Waals surface area (Å²) in [6.45, 7) is 7.31. The summed E-state index contributed by atoms with van der Waals surface area (Å²) in [5, 5.41) is 10.7. The number of hydrogen-bond donors (Lipinski definition) is 3. The van der Waals surface area contributed by atoms with E-state index >= 15 is 0 Å². The minimum Gasteiger partial charge on any atom is -0.462 e. The lowest BCUT2D eigenvalue weighted by Gasteiger charge is -2.21. The third-order valence-electron chi connectivity index (χ3n) is 20.6. The molecule has 0 aliphatic heterocycles. The van der Waals surface area contributed by atoms with Crippen molar-refractivity contribution in [1.82, 2.24) is 0 Å². The van der Waals surface area contributed by atoms with E-state index in [0.717, 1.165) is 102 Å². The number of phosphoric acid groups is 2. The van der Waals surface area contributed by atoms with Gasteiger partial charge in [0.2, 0.25) is 0 Å². The molecule has 0 saturated heterocycles. The van der Waals surface area contributed by atoms with Gasteiger partial charge in [-0.05, 0) is 31.6 Å². The Bertz CT molecular complexity index is 2000. The first kappa shape index (κ1) is 103. The van der Waals surface area contributed by atoms with Gasteiger partial charge in [0.25, 0.3) is 0 Å². The predicted molar refractivity (Wildman–Crippen MR) is 432 cm³/mol. The number of aliphatic hydroxyl groups excluding tert-OH is 1. The Morgan fingerprint density at radius 2 is 0.457 bits per heavy atom. The Kier molecular flexibility index (Phi) is 77.3. The zero-order chi connectivity index (χ0) is 76.9. The number of phosphoric ester groups is 2. The lowest BCUT2D eigenvalue weighted by atomic mass is 10.00. The molecule has 0 fully saturated rings. The second-order valence-electron chi connectivity index (χ2n) is 31.2. The molecule has 105 heavy (non-hydrogen) atoms. The van der Waals surface area contributed by atoms with Crippen LogP contribution in [0, 0.1) is 5.92 Å². The molecule has 0 spiro atoms. The number of hydrogen-bond acceptors (Lipinski definition) is 15. The highest BCUT2D eigenvalue weighted by atomic mass is 31.2. The van der Waals surface area contributed by atoms with Crippen LogP contribution in [0.5, 0.6) is 0 Å². The van der Waals surface area contributed by atoms with Gasteiger partial charge in [-0.1, -0.05) is 413 Å². The number of aliphatic hydroxyl groups is 1. The molecule has 0 aliphatic carbocycles. The van der Waals surface area contributed by atoms with E-state index in [-0.39, 0.29) is 25.7 Å². The third kappa shape index (κ3) is 78.5. The summed E-state index contributed by atoms with van der Waals surface area (Å²) in [7, 11) is -9.92. The summed E-state index contributed by atoms with van der Waals surface area (Å²) in [4.78, 5) is 73.1. The van der Waals surface area contributed by atoms with Gasteiger partial charge in [-0.25, -0.2) is 9.13 Å². The van der Waals surface area contributed by atoms with Crippen molar-refractivity contribution in [2.75, 3.05) is 39.6 Å². The Morgan fingerprint density at radius 3 is 0.676 bits per heavy atom. The molecular weight excluding hydrogens is 1370 g/mol. The largest absolute Gasteiger partial charge is 0.472 e. The molecule has 0 amide bonds. The number of esters is 4. The summed E-state index contributed by atoms with van der Waals surface area (Å²) in [5.41, 5.74) is 0. The van der Waals surface area contributed by atoms with Crippen LogP contribution in [0.25, 0.3) is 0 Å². The van der Waals surface area contributed by atoms with Crippen LogP contribution in [0.2, 0.25) is 0 Å². The summed E-state index contributed by atoms with van der Waals surface area (Å²) >= 11 is 0. The maximum Gasteiger partial charge on any atom is 0.472 e. The average molecular weight is 1540 g/mol. The fourth-order valence-electron chi connectivity index (χ4n) is 13.4. The van der Waals surface area contributed by atoms with Gasteiger partial charge in [0.05, 0.1) is 26.4 Å². The van der Waals surface area contributed by atoms with Crippen LogP contribution in [0.1, 0.15) is 465 Å². The van der Waals surface area contributed by atoms with Gasteiger partial charge >= 0.3 is 39.5 Å². The lowest BCUT2D eigenvalue weighted by molar-refractivity contribution is -0.161. The molecule has 19 heteroatoms. The third-order valence-corrected chi connectivity index (χ3v) is 22.5. The molecule has 0 radical (unpaired) electrons. The molecule has 3 N–H and O–H groups in total. The van der Waals surface area contributed by atoms with Gasteiger partial charge in [-0.3, -0.25) is 37.3 Å². The van der Waals surface area contributed by atoms with Gasteiger partial charge < -0.3 is 33.8 Å². The van der Waals surface area contributed by atoms with Crippen molar-refractivity contribution in [3.63, 3.8) is 0 Å². The first-order valence-electron chi connectivity index (χ1n) is 44.7. The zero-order valence-corrected chi connectivity index (χ0v) is 70.7. The first-order chi connectivity index (χ1) is 51.1. The summed E-state index contributed by atoms with van der Waals surface area (Å²) in [5.74, 6) is -1.37. The van der Waals surface area contributed by atoms with E-state index in [1.165, 1.54) is 283 Å². The summed E-state index contributed by atoms with van der Waals surface area (Å²) < 4.78 is 68.8. The van der Waals surface area contributed by atoms with Crippen molar-refractivity contribution in [1.29, 1.82) is 0 Å². The van der Waals surface area contributed by atoms with Gasteiger partial charge in [0.1, 0.15) is 19.3 Å². The van der Waals surface area contributed by atoms with E-state index < -0.39 is 97.5 Å². The average Bonchev–Trinajstić information content (AvgIpc) is 0.918. The fraction of sp³-hybridized carbons (Fsp3) is 0.953. The predicted octanol–water partition coefficient (Wildman–Crippen LogP) is 26.4. The van der Waals surface area contributed by atoms with E-state index in [1.807, 2.05) is 0 Å². The first-order valence-corrected chi connectivity index (χ1v) is 47.7. The minimum atomic E-state index is -4.97. The molecule has 624 valence electrons. The summed E-state index contributed by atoms with van der Waals surface area (Å²) in [6.07, 6.45) is 72.5. The smallest absolute Gasteiger partial charge is 0.462 e. The number of ether oxygens (including phenoxy) is 4. The molecule has 6 atom stereocenters. The highest BCUT2D eigenvalue weighted by Crippen LogP contribution is 2.45. The van der Waals surface area contributed by atoms with Crippen LogP contribution in [0.3, 0.4) is 0 Å². The molecule has 3 unspecified atom stereocenters. The van der Waals surface area contributed by atoms with Crippen LogP contribution in [0.4, 0.5) is 0 Å². The SMILES string of the molecule is CCCCCCCCCCCCCCCCCCCCCCCCC(=O)O[C@H](COC(=O)CCCCCCCCCCCCCCCCCCCCCCC)COP(=O)(O)OC[C@@H](O)COP(=O)(O)OC[C@@H](COC(=O)CCCCCCCCC(C)CC)OC(=O)CCCCCCCCCCCCCC. The normalized spacial score (nSPS) is 14.0. The Morgan fingerprint density at radius 1 is 0.267 bits per heavy atom. The maximum absolute atomic E-state index is 13.1. The molecule has 0 aliphatic rings. The van der Waals surface area contributed by atoms with Gasteiger partial charge in [0.15, 0.2) is 12.2 Å². The van der Waals surface area contributed by atoms with Crippen molar-refractivity contribution in [3.8, 4) is 0 Å². The van der Waals surface area contributed by atoms with Crippen molar-refractivity contribution >= 4 is 39.5 Å². The number of carbonyl (C=O) groups is 4. The Balaban J connectivity index is 5.19. The van der Waals surface area contributed by atoms with E-state index in [4.69, 9.17) is 37.0 Å². The molecule has 0 rings (SSSR count). The number of carbonyl (C=O) groups excluding carboxylic acids is 4. The zero-order valence-electron chi connectivity index (χ0n) is 68.9. The Labute approximate surface area is 645 Å². The second-order valence-corrected chi connectivity index (χ2v) is 34.1. The van der Waals surface area contributed by atoms with Crippen LogP contribution in [-0.2, 0) is 65.4 Å². The maximum atomic E-state index is 13.1. The molecule has 0 bridgehead atoms. The van der Waals surface area contributed by atoms with E-state index in [9.17, 15) is 43.2 Å². The molecule has 0 aromatic heterocycles. The minimum absolute atomic E-state index is 0.107. The number of rotatable bonds is 86. The molecule has 0 saturated carbocycles. The standard InChI is InChI=1S/C86H168O17P2/c1-6-10-13-16-19-22-25-28-30-32-34-36-38-40-42-44-46-49-52-55-62-67-72-86(91)102-81(75-96-83(88)69-64-59-53-50-48-45-43-41-39-37-35-33-31-29-26-23-20-17-14-11-7-2)77-100-104(92,93)98-73-80(87)74-99-105(94,95)101-78-82(76-97-84(89)70-65-60-57-56-58-63-68-79(5)9-4)103-85(90)71-66-61-54-51-47-27-24-21-18-15-12-8-3/h79-82,87H,6-78H2,1-5H3,(H,92,93)(H,94,95)/t79?,80-,81-,82-/m1/s1. The highest BCUT2D eigenvalue weighted by Gasteiger charge is 2.30. The summed E-state index contributed by atoms with van der Waals surface area (Å²) in [6, 6.07) is 0. The van der Waals surface area contributed by atoms with E-state index in [0.29, 0.717) is 25.7 Å². The van der Waals surface area contributed by atoms with E-state index in [1.54, 1.807) is 0 Å². The lowest BCUT2D eigenvalue weighted by Crippen LogP contribution is -2.30.